The summed E-state index contributed by atoms with van der Waals surface area (Å²) < 4.78 is 2.38. The second-order valence-electron chi connectivity index (χ2n) is 16.9. The highest BCUT2D eigenvalue weighted by Gasteiger charge is 2.24. The van der Waals surface area contributed by atoms with Gasteiger partial charge in [0.1, 0.15) is 0 Å². The number of hydrogen-bond donors (Lipinski definition) is 0. The minimum absolute atomic E-state index is 0.511. The number of aryl methyl sites for hydroxylation is 2. The van der Waals surface area contributed by atoms with E-state index in [0.29, 0.717) is 28.6 Å². The third kappa shape index (κ3) is 7.69. The fraction of sp³-hybridized carbons (Fsp3) is 0.0328. The monoisotopic (exact) mass is 856 g/mol. The topological polar surface area (TPSA) is 91.2 Å². The average Bonchev–Trinajstić information content (AvgIpc) is 3.71. The van der Waals surface area contributed by atoms with Crippen LogP contribution in [0.15, 0.2) is 206 Å². The van der Waals surface area contributed by atoms with Crippen LogP contribution in [0.1, 0.15) is 22.3 Å². The van der Waals surface area contributed by atoms with E-state index in [0.717, 1.165) is 88.7 Å². The molecule has 0 aliphatic heterocycles. The third-order valence-electron chi connectivity index (χ3n) is 12.5. The van der Waals surface area contributed by atoms with Crippen LogP contribution in [0.4, 0.5) is 0 Å². The van der Waals surface area contributed by atoms with Gasteiger partial charge in [0, 0.05) is 38.6 Å². The molecular formula is C61H40N6. The van der Waals surface area contributed by atoms with Crippen LogP contribution in [0.25, 0.3) is 106 Å². The van der Waals surface area contributed by atoms with Crippen molar-refractivity contribution < 1.29 is 0 Å². The molecule has 0 spiro atoms. The Morgan fingerprint density at radius 1 is 0.343 bits per heavy atom. The average molecular weight is 857 g/mol. The van der Waals surface area contributed by atoms with Crippen LogP contribution in [-0.2, 0) is 0 Å². The molecule has 9 aromatic carbocycles. The highest BCUT2D eigenvalue weighted by atomic mass is 15.0. The van der Waals surface area contributed by atoms with E-state index in [1.807, 2.05) is 109 Å². The Labute approximate surface area is 389 Å². The van der Waals surface area contributed by atoms with Crippen LogP contribution >= 0.6 is 0 Å². The summed E-state index contributed by atoms with van der Waals surface area (Å²) in [5.74, 6) is 1.63. The van der Waals surface area contributed by atoms with Crippen molar-refractivity contribution in [1.29, 1.82) is 10.5 Å². The lowest BCUT2D eigenvalue weighted by Crippen LogP contribution is -2.04. The molecule has 11 rings (SSSR count). The van der Waals surface area contributed by atoms with Crippen molar-refractivity contribution >= 4 is 21.8 Å². The maximum atomic E-state index is 9.95. The molecule has 0 amide bonds. The van der Waals surface area contributed by atoms with Crippen LogP contribution in [0.3, 0.4) is 0 Å². The van der Waals surface area contributed by atoms with Gasteiger partial charge in [0.15, 0.2) is 17.5 Å². The van der Waals surface area contributed by atoms with E-state index >= 15 is 0 Å². The van der Waals surface area contributed by atoms with Crippen molar-refractivity contribution in [1.82, 2.24) is 19.5 Å². The Balaban J connectivity index is 1.25. The maximum absolute atomic E-state index is 9.95. The fourth-order valence-electron chi connectivity index (χ4n) is 8.95. The van der Waals surface area contributed by atoms with Gasteiger partial charge in [-0.05, 0) is 108 Å². The van der Waals surface area contributed by atoms with E-state index in [1.54, 1.807) is 0 Å². The van der Waals surface area contributed by atoms with Crippen molar-refractivity contribution in [2.45, 2.75) is 13.8 Å². The first-order chi connectivity index (χ1) is 32.9. The van der Waals surface area contributed by atoms with Gasteiger partial charge in [-0.3, -0.25) is 0 Å². The Morgan fingerprint density at radius 3 is 1.09 bits per heavy atom. The molecule has 0 radical (unpaired) electrons. The van der Waals surface area contributed by atoms with Gasteiger partial charge in [-0.25, -0.2) is 15.0 Å². The zero-order valence-corrected chi connectivity index (χ0v) is 36.8. The van der Waals surface area contributed by atoms with E-state index in [2.05, 4.69) is 128 Å². The Hall–Kier alpha value is -9.23. The van der Waals surface area contributed by atoms with Crippen LogP contribution in [0.2, 0.25) is 0 Å². The van der Waals surface area contributed by atoms with Gasteiger partial charge in [-0.1, -0.05) is 157 Å². The van der Waals surface area contributed by atoms with Crippen molar-refractivity contribution in [2.24, 2.45) is 0 Å². The number of rotatable bonds is 8. The van der Waals surface area contributed by atoms with Gasteiger partial charge in [-0.2, -0.15) is 10.5 Å². The zero-order valence-electron chi connectivity index (χ0n) is 36.8. The molecule has 0 atom stereocenters. The van der Waals surface area contributed by atoms with Crippen LogP contribution in [0, 0.1) is 36.5 Å². The molecule has 2 aromatic heterocycles. The molecule has 6 heteroatoms. The van der Waals surface area contributed by atoms with Gasteiger partial charge in [0.25, 0.3) is 0 Å². The van der Waals surface area contributed by atoms with E-state index in [-0.39, 0.29) is 0 Å². The molecule has 0 saturated carbocycles. The summed E-state index contributed by atoms with van der Waals surface area (Å²) >= 11 is 0. The van der Waals surface area contributed by atoms with E-state index in [9.17, 15) is 10.5 Å². The largest absolute Gasteiger partial charge is 0.308 e. The first-order valence-corrected chi connectivity index (χ1v) is 22.2. The molecular weight excluding hydrogens is 817 g/mol. The molecule has 67 heavy (non-hydrogen) atoms. The summed E-state index contributed by atoms with van der Waals surface area (Å²) in [7, 11) is 0. The van der Waals surface area contributed by atoms with Crippen molar-refractivity contribution in [2.75, 3.05) is 0 Å². The number of aromatic nitrogens is 4. The number of nitriles is 2. The van der Waals surface area contributed by atoms with Crippen LogP contribution < -0.4 is 0 Å². The molecule has 0 bridgehead atoms. The second-order valence-corrected chi connectivity index (χ2v) is 16.9. The predicted molar refractivity (Wildman–Crippen MR) is 271 cm³/mol. The predicted octanol–water partition coefficient (Wildman–Crippen LogP) is 15.0. The molecule has 314 valence electrons. The first-order valence-electron chi connectivity index (χ1n) is 22.2. The fourth-order valence-corrected chi connectivity index (χ4v) is 8.95. The van der Waals surface area contributed by atoms with Crippen molar-refractivity contribution in [3.63, 3.8) is 0 Å². The zero-order chi connectivity index (χ0) is 45.4. The second kappa shape index (κ2) is 17.0. The highest BCUT2D eigenvalue weighted by molar-refractivity contribution is 6.13. The summed E-state index contributed by atoms with van der Waals surface area (Å²) in [5.41, 5.74) is 17.3. The molecule has 0 aliphatic rings. The summed E-state index contributed by atoms with van der Waals surface area (Å²) in [5, 5.41) is 22.1. The van der Waals surface area contributed by atoms with Gasteiger partial charge < -0.3 is 4.57 Å². The van der Waals surface area contributed by atoms with Crippen molar-refractivity contribution in [3.8, 4) is 96.5 Å². The van der Waals surface area contributed by atoms with Gasteiger partial charge in [0.05, 0.1) is 40.0 Å². The number of nitrogens with zero attached hydrogens (tertiary/aromatic N) is 6. The maximum Gasteiger partial charge on any atom is 0.164 e. The van der Waals surface area contributed by atoms with E-state index in [1.165, 1.54) is 11.1 Å². The van der Waals surface area contributed by atoms with Crippen LogP contribution in [0.5, 0.6) is 0 Å². The number of fused-ring (bicyclic) bond motifs is 3. The van der Waals surface area contributed by atoms with E-state index in [4.69, 9.17) is 15.0 Å². The lowest BCUT2D eigenvalue weighted by Gasteiger charge is -2.21. The Kier molecular flexibility index (Phi) is 10.3. The highest BCUT2D eigenvalue weighted by Crippen LogP contribution is 2.45. The molecule has 0 aliphatic carbocycles. The van der Waals surface area contributed by atoms with Crippen LogP contribution in [-0.4, -0.2) is 19.5 Å². The molecule has 0 N–H and O–H groups in total. The Bertz CT molecular complexity index is 3490. The van der Waals surface area contributed by atoms with Gasteiger partial charge in [0.2, 0.25) is 0 Å². The van der Waals surface area contributed by atoms with Gasteiger partial charge in [-0.15, -0.1) is 0 Å². The molecule has 11 aromatic rings. The number of hydrogen-bond acceptors (Lipinski definition) is 5. The number of benzene rings is 9. The van der Waals surface area contributed by atoms with Crippen molar-refractivity contribution in [3.05, 3.63) is 229 Å². The molecule has 2 heterocycles. The first kappa shape index (κ1) is 40.5. The summed E-state index contributed by atoms with van der Waals surface area (Å²) in [6.07, 6.45) is 0. The third-order valence-corrected chi connectivity index (χ3v) is 12.5. The smallest absolute Gasteiger partial charge is 0.164 e. The lowest BCUT2D eigenvalue weighted by atomic mass is 9.91. The minimum Gasteiger partial charge on any atom is -0.308 e. The lowest BCUT2D eigenvalue weighted by molar-refractivity contribution is 1.07. The summed E-state index contributed by atoms with van der Waals surface area (Å²) in [6, 6.07) is 75.3. The molecule has 6 nitrogen and oxygen atoms in total. The minimum atomic E-state index is 0.511. The molecule has 0 unspecified atom stereocenters. The Morgan fingerprint density at radius 2 is 0.701 bits per heavy atom. The summed E-state index contributed by atoms with van der Waals surface area (Å²) in [4.78, 5) is 15.4. The summed E-state index contributed by atoms with van der Waals surface area (Å²) in [6.45, 7) is 4.22. The SMILES string of the molecule is Cc1ccc(-c2ccc3c(c2)c2cc(-c4ccc(C)cc4)ccc2n3-c2c(-c3ccc(C#N)cc3)cc(-c3nc(-c4ccccc4)nc(-c4ccccc4)n3)cc2-c2ccc(C#N)cc2)cc1. The molecule has 0 saturated heterocycles. The quantitative estimate of drug-likeness (QED) is 0.152. The standard InChI is InChI=1S/C61H40N6/c1-39-13-21-43(22-14-39)49-29-31-56-54(33-49)55-34-50(44-23-15-40(2)16-24-44)30-32-57(55)67(56)58-52(45-25-17-41(37-62)18-26-45)35-51(36-53(58)46-27-19-42(38-63)20-28-46)61-65-59(47-9-5-3-6-10-47)64-60(66-61)48-11-7-4-8-12-48/h3-36H,1-2H3. The molecule has 0 fully saturated rings. The normalized spacial score (nSPS) is 11.1. The van der Waals surface area contributed by atoms with E-state index < -0.39 is 0 Å². The van der Waals surface area contributed by atoms with Gasteiger partial charge >= 0.3 is 0 Å².